The van der Waals surface area contributed by atoms with Crippen molar-refractivity contribution in [3.63, 3.8) is 0 Å². The van der Waals surface area contributed by atoms with Crippen LogP contribution in [0.3, 0.4) is 0 Å². The fraction of sp³-hybridized carbons (Fsp3) is 0.122. The molecule has 0 saturated carbocycles. The average Bonchev–Trinajstić information content (AvgIpc) is 3.59. The number of carbonyl (C=O) groups excluding carboxylic acids is 2. The van der Waals surface area contributed by atoms with E-state index in [0.717, 1.165) is 39.0 Å². The standard InChI is InChI=1S/C41H26F6N2O2/c1-23-20-26(29-19-16-27(40(42,43)44)22-33(29)41(45,46)47)21-32-30-10-5-6-12-34(30)49(37(23)32)35-13-7-11-31-36(35)39(51)48(38(31)50)28-17-14-25(15-18-28)24-8-3-2-4-9-24/h2-19,21-23H,20H2,1H3/p+1. The lowest BCUT2D eigenvalue weighted by molar-refractivity contribution is -0.715. The number of quaternary nitrogens is 1. The number of anilines is 1. The monoisotopic (exact) mass is 693 g/mol. The Morgan fingerprint density at radius 3 is 2.00 bits per heavy atom. The number of amides is 2. The highest BCUT2D eigenvalue weighted by atomic mass is 19.4. The van der Waals surface area contributed by atoms with E-state index in [9.17, 15) is 35.9 Å². The van der Waals surface area contributed by atoms with Crippen molar-refractivity contribution >= 4 is 40.0 Å². The van der Waals surface area contributed by atoms with E-state index in [2.05, 4.69) is 0 Å². The first kappa shape index (κ1) is 32.5. The molecule has 10 heteroatoms. The number of benzene rings is 5. The number of halogens is 6. The van der Waals surface area contributed by atoms with E-state index in [4.69, 9.17) is 0 Å². The Labute approximate surface area is 288 Å². The predicted molar refractivity (Wildman–Crippen MR) is 181 cm³/mol. The number of para-hydroxylation sites is 1. The van der Waals surface area contributed by atoms with Gasteiger partial charge in [0.25, 0.3) is 11.8 Å². The Hall–Kier alpha value is -5.74. The third-order valence-electron chi connectivity index (χ3n) is 9.80. The minimum Gasteiger partial charge on any atom is -0.268 e. The lowest BCUT2D eigenvalue weighted by Gasteiger charge is -2.27. The molecule has 254 valence electrons. The molecule has 5 aromatic carbocycles. The summed E-state index contributed by atoms with van der Waals surface area (Å²) in [5.74, 6) is -1.35. The highest BCUT2D eigenvalue weighted by Gasteiger charge is 2.47. The third-order valence-corrected chi connectivity index (χ3v) is 9.80. The van der Waals surface area contributed by atoms with Gasteiger partial charge in [0.15, 0.2) is 5.69 Å². The van der Waals surface area contributed by atoms with Crippen LogP contribution in [0.1, 0.15) is 56.3 Å². The van der Waals surface area contributed by atoms with E-state index in [1.807, 2.05) is 67.6 Å². The number of carbonyl (C=O) groups is 2. The van der Waals surface area contributed by atoms with Crippen LogP contribution in [0.5, 0.6) is 0 Å². The number of hydrogen-bond donors (Lipinski definition) is 1. The molecule has 0 saturated heterocycles. The van der Waals surface area contributed by atoms with E-state index in [-0.39, 0.29) is 34.8 Å². The van der Waals surface area contributed by atoms with Crippen molar-refractivity contribution in [1.82, 2.24) is 0 Å². The fourth-order valence-corrected chi connectivity index (χ4v) is 7.57. The molecule has 3 aliphatic rings. The van der Waals surface area contributed by atoms with Crippen molar-refractivity contribution in [2.75, 3.05) is 4.90 Å². The fourth-order valence-electron chi connectivity index (χ4n) is 7.57. The largest absolute Gasteiger partial charge is 0.417 e. The average molecular weight is 694 g/mol. The maximum absolute atomic E-state index is 14.2. The second-order valence-electron chi connectivity index (χ2n) is 12.9. The number of rotatable bonds is 4. The molecular formula is C41H27F6N2O2+. The van der Waals surface area contributed by atoms with Gasteiger partial charge < -0.3 is 0 Å². The van der Waals surface area contributed by atoms with Crippen LogP contribution in [0, 0.1) is 5.92 Å². The molecule has 1 aliphatic carbocycles. The van der Waals surface area contributed by atoms with Gasteiger partial charge in [0.1, 0.15) is 16.9 Å². The van der Waals surface area contributed by atoms with E-state index < -0.39 is 41.2 Å². The van der Waals surface area contributed by atoms with E-state index in [1.54, 1.807) is 42.5 Å². The van der Waals surface area contributed by atoms with Gasteiger partial charge in [-0.1, -0.05) is 73.7 Å². The van der Waals surface area contributed by atoms with Gasteiger partial charge in [-0.2, -0.15) is 26.3 Å². The summed E-state index contributed by atoms with van der Waals surface area (Å²) in [4.78, 5) is 29.9. The van der Waals surface area contributed by atoms with Crippen molar-refractivity contribution in [3.8, 4) is 11.1 Å². The summed E-state index contributed by atoms with van der Waals surface area (Å²) in [5.41, 5.74) is 3.44. The third kappa shape index (κ3) is 5.29. The summed E-state index contributed by atoms with van der Waals surface area (Å²) in [5, 5.41) is 0. The van der Waals surface area contributed by atoms with Crippen LogP contribution in [0.15, 0.2) is 127 Å². The van der Waals surface area contributed by atoms with Crippen molar-refractivity contribution in [3.05, 3.63) is 160 Å². The van der Waals surface area contributed by atoms with E-state index >= 15 is 0 Å². The zero-order chi connectivity index (χ0) is 35.8. The van der Waals surface area contributed by atoms with Gasteiger partial charge in [-0.05, 0) is 71.2 Å². The summed E-state index contributed by atoms with van der Waals surface area (Å²) in [6.07, 6.45) is -8.24. The molecule has 5 aromatic rings. The first-order chi connectivity index (χ1) is 24.3. The number of fused-ring (bicyclic) bond motifs is 3. The molecule has 0 bridgehead atoms. The van der Waals surface area contributed by atoms with Crippen LogP contribution in [-0.2, 0) is 12.4 Å². The normalized spacial score (nSPS) is 18.5. The lowest BCUT2D eigenvalue weighted by atomic mass is 9.82. The quantitative estimate of drug-likeness (QED) is 0.151. The van der Waals surface area contributed by atoms with Crippen LogP contribution in [0.25, 0.3) is 22.3 Å². The van der Waals surface area contributed by atoms with Gasteiger partial charge in [0, 0.05) is 29.2 Å². The molecule has 51 heavy (non-hydrogen) atoms. The first-order valence-corrected chi connectivity index (χ1v) is 16.2. The summed E-state index contributed by atoms with van der Waals surface area (Å²) >= 11 is 0. The van der Waals surface area contributed by atoms with Gasteiger partial charge in [0.2, 0.25) is 0 Å². The minimum absolute atomic E-state index is 0.104. The molecule has 2 amide bonds. The summed E-state index contributed by atoms with van der Waals surface area (Å²) in [6.45, 7) is 1.85. The number of nitrogens with one attached hydrogen (secondary N) is 1. The Morgan fingerprint density at radius 2 is 1.29 bits per heavy atom. The number of hydrogen-bond acceptors (Lipinski definition) is 2. The van der Waals surface area contributed by atoms with Crippen molar-refractivity contribution in [1.29, 1.82) is 0 Å². The molecule has 2 heterocycles. The maximum atomic E-state index is 14.2. The van der Waals surface area contributed by atoms with Gasteiger partial charge >= 0.3 is 12.4 Å². The predicted octanol–water partition coefficient (Wildman–Crippen LogP) is 9.89. The van der Waals surface area contributed by atoms with Gasteiger partial charge in [-0.15, -0.1) is 0 Å². The lowest BCUT2D eigenvalue weighted by Crippen LogP contribution is -3.00. The first-order valence-electron chi connectivity index (χ1n) is 16.2. The van der Waals surface area contributed by atoms with Crippen molar-refractivity contribution in [2.45, 2.75) is 25.7 Å². The molecule has 0 fully saturated rings. The smallest absolute Gasteiger partial charge is 0.268 e. The minimum atomic E-state index is -5.02. The second kappa shape index (κ2) is 11.7. The Kier molecular flexibility index (Phi) is 7.43. The summed E-state index contributed by atoms with van der Waals surface area (Å²) < 4.78 is 83.0. The molecule has 0 spiro atoms. The van der Waals surface area contributed by atoms with Crippen LogP contribution in [-0.4, -0.2) is 11.8 Å². The topological polar surface area (TPSA) is 41.8 Å². The zero-order valence-electron chi connectivity index (χ0n) is 26.9. The zero-order valence-corrected chi connectivity index (χ0v) is 26.9. The number of allylic oxidation sites excluding steroid dienone is 4. The Balaban J connectivity index is 1.23. The molecular weight excluding hydrogens is 666 g/mol. The molecule has 0 radical (unpaired) electrons. The van der Waals surface area contributed by atoms with Crippen LogP contribution >= 0.6 is 0 Å². The van der Waals surface area contributed by atoms with Gasteiger partial charge in [0.05, 0.1) is 22.4 Å². The van der Waals surface area contributed by atoms with Crippen LogP contribution < -0.4 is 9.80 Å². The molecule has 8 rings (SSSR count). The number of nitrogens with zero attached hydrogens (tertiary/aromatic N) is 1. The molecule has 0 aromatic heterocycles. The molecule has 4 nitrogen and oxygen atoms in total. The Morgan fingerprint density at radius 1 is 0.647 bits per heavy atom. The number of alkyl halides is 6. The highest BCUT2D eigenvalue weighted by molar-refractivity contribution is 6.35. The SMILES string of the molecule is CC1CC(c2ccc(C(F)(F)F)cc2C(F)(F)F)=CC2=C1[NH+](c1cccc3c1C(=O)N(c1ccc(-c4ccccc4)cc1)C3=O)c1ccccc12. The summed E-state index contributed by atoms with van der Waals surface area (Å²) in [7, 11) is 0. The van der Waals surface area contributed by atoms with E-state index in [1.165, 1.54) is 0 Å². The Bertz CT molecular complexity index is 2320. The van der Waals surface area contributed by atoms with Gasteiger partial charge in [-0.3, -0.25) is 9.59 Å². The second-order valence-corrected chi connectivity index (χ2v) is 12.9. The van der Waals surface area contributed by atoms with Crippen molar-refractivity contribution in [2.24, 2.45) is 5.92 Å². The maximum Gasteiger partial charge on any atom is 0.417 e. The number of imide groups is 1. The van der Waals surface area contributed by atoms with E-state index in [0.29, 0.717) is 27.9 Å². The van der Waals surface area contributed by atoms with Crippen LogP contribution in [0.2, 0.25) is 0 Å². The molecule has 2 aliphatic heterocycles. The van der Waals surface area contributed by atoms with Crippen molar-refractivity contribution < 1.29 is 40.8 Å². The molecule has 2 unspecified atom stereocenters. The van der Waals surface area contributed by atoms with Crippen LogP contribution in [0.4, 0.5) is 43.4 Å². The highest BCUT2D eigenvalue weighted by Crippen LogP contribution is 2.47. The molecule has 1 N–H and O–H groups in total. The molecule has 2 atom stereocenters. The van der Waals surface area contributed by atoms with Gasteiger partial charge in [-0.25, -0.2) is 9.80 Å². The summed E-state index contributed by atoms with van der Waals surface area (Å²) in [6, 6.07) is 31.0.